The summed E-state index contributed by atoms with van der Waals surface area (Å²) in [6.45, 7) is 8.64. The minimum Gasteiger partial charge on any atom is -0.392 e. The quantitative estimate of drug-likeness (QED) is 0.723. The fourth-order valence-electron chi connectivity index (χ4n) is 6.63. The van der Waals surface area contributed by atoms with E-state index in [1.165, 1.54) is 18.2 Å². The average Bonchev–Trinajstić information content (AvgIpc) is 2.80. The van der Waals surface area contributed by atoms with Gasteiger partial charge < -0.3 is 20.1 Å². The Morgan fingerprint density at radius 1 is 1.24 bits per heavy atom. The van der Waals surface area contributed by atoms with E-state index in [0.29, 0.717) is 31.9 Å². The molecule has 1 saturated heterocycles. The van der Waals surface area contributed by atoms with Crippen LogP contribution in [0.5, 0.6) is 0 Å². The molecule has 182 valence electrons. The van der Waals surface area contributed by atoms with Gasteiger partial charge in [0.1, 0.15) is 5.82 Å². The van der Waals surface area contributed by atoms with Crippen LogP contribution in [0.4, 0.5) is 4.39 Å². The Labute approximate surface area is 195 Å². The van der Waals surface area contributed by atoms with Crippen molar-refractivity contribution in [3.05, 3.63) is 35.6 Å². The van der Waals surface area contributed by atoms with Gasteiger partial charge in [0, 0.05) is 30.6 Å². The lowest BCUT2D eigenvalue weighted by molar-refractivity contribution is -0.153. The normalized spacial score (nSPS) is 35.4. The number of rotatable bonds is 4. The second-order valence-electron chi connectivity index (χ2n) is 10.6. The summed E-state index contributed by atoms with van der Waals surface area (Å²) in [4.78, 5) is 27.8. The van der Waals surface area contributed by atoms with Gasteiger partial charge in [0.05, 0.1) is 19.3 Å². The number of nitrogens with zero attached hydrogens (tertiary/aromatic N) is 1. The van der Waals surface area contributed by atoms with Gasteiger partial charge in [0.15, 0.2) is 0 Å². The van der Waals surface area contributed by atoms with E-state index in [9.17, 15) is 19.1 Å². The van der Waals surface area contributed by atoms with Gasteiger partial charge in [-0.3, -0.25) is 9.59 Å². The monoisotopic (exact) mass is 460 g/mol. The van der Waals surface area contributed by atoms with Crippen LogP contribution >= 0.6 is 0 Å². The van der Waals surface area contributed by atoms with Gasteiger partial charge in [-0.1, -0.05) is 26.8 Å². The Balaban J connectivity index is 1.47. The molecule has 0 spiro atoms. The lowest BCUT2D eigenvalue weighted by Crippen LogP contribution is -2.59. The van der Waals surface area contributed by atoms with Crippen LogP contribution in [-0.4, -0.2) is 60.3 Å². The van der Waals surface area contributed by atoms with Crippen LogP contribution in [-0.2, 0) is 9.53 Å². The lowest BCUT2D eigenvalue weighted by Gasteiger charge is -2.56. The lowest BCUT2D eigenvalue weighted by atomic mass is 9.51. The fraction of sp³-hybridized carbons (Fsp3) is 0.692. The third-order valence-corrected chi connectivity index (χ3v) is 8.65. The Bertz CT molecular complexity index is 874. The number of ether oxygens (including phenoxy) is 1. The van der Waals surface area contributed by atoms with Crippen LogP contribution in [0.3, 0.4) is 0 Å². The molecule has 7 heteroatoms. The van der Waals surface area contributed by atoms with Gasteiger partial charge in [-0.2, -0.15) is 0 Å². The van der Waals surface area contributed by atoms with Gasteiger partial charge in [-0.15, -0.1) is 0 Å². The highest BCUT2D eigenvalue weighted by Gasteiger charge is 2.54. The topological polar surface area (TPSA) is 78.9 Å². The summed E-state index contributed by atoms with van der Waals surface area (Å²) in [7, 11) is 0. The van der Waals surface area contributed by atoms with E-state index in [2.05, 4.69) is 19.2 Å². The number of fused-ring (bicyclic) bond motifs is 1. The van der Waals surface area contributed by atoms with Crippen molar-refractivity contribution in [2.24, 2.45) is 29.1 Å². The number of nitrogens with one attached hydrogen (secondary N) is 1. The zero-order valence-corrected chi connectivity index (χ0v) is 19.9. The summed E-state index contributed by atoms with van der Waals surface area (Å²) in [5.74, 6) is -0.933. The first kappa shape index (κ1) is 24.1. The van der Waals surface area contributed by atoms with Crippen molar-refractivity contribution in [2.45, 2.75) is 58.6 Å². The number of aliphatic hydroxyl groups is 1. The van der Waals surface area contributed by atoms with Gasteiger partial charge in [0.2, 0.25) is 5.91 Å². The summed E-state index contributed by atoms with van der Waals surface area (Å²) in [6, 6.07) is 5.62. The summed E-state index contributed by atoms with van der Waals surface area (Å²) in [5, 5.41) is 14.7. The van der Waals surface area contributed by atoms with E-state index in [1.54, 1.807) is 6.07 Å². The van der Waals surface area contributed by atoms with Crippen LogP contribution in [0.25, 0.3) is 0 Å². The summed E-state index contributed by atoms with van der Waals surface area (Å²) >= 11 is 0. The molecule has 1 heterocycles. The fourth-order valence-corrected chi connectivity index (χ4v) is 6.63. The number of aliphatic hydroxyl groups excluding tert-OH is 1. The van der Waals surface area contributed by atoms with Crippen LogP contribution in [0, 0.1) is 34.9 Å². The predicted octanol–water partition coefficient (Wildman–Crippen LogP) is 3.24. The first-order valence-electron chi connectivity index (χ1n) is 12.3. The third-order valence-electron chi connectivity index (χ3n) is 8.65. The molecule has 6 nitrogen and oxygen atoms in total. The van der Waals surface area contributed by atoms with Crippen LogP contribution in [0.15, 0.2) is 24.3 Å². The molecule has 0 bridgehead atoms. The highest BCUT2D eigenvalue weighted by atomic mass is 19.1. The van der Waals surface area contributed by atoms with Crippen molar-refractivity contribution < 1.29 is 23.8 Å². The second kappa shape index (κ2) is 9.71. The molecule has 3 fully saturated rings. The van der Waals surface area contributed by atoms with Crippen molar-refractivity contribution in [2.75, 3.05) is 26.3 Å². The van der Waals surface area contributed by atoms with Gasteiger partial charge in [-0.25, -0.2) is 4.39 Å². The molecular weight excluding hydrogens is 423 g/mol. The number of morpholine rings is 1. The molecule has 2 aliphatic carbocycles. The van der Waals surface area contributed by atoms with E-state index in [1.807, 2.05) is 11.8 Å². The number of carbonyl (C=O) groups is 2. The number of hydrogen-bond acceptors (Lipinski definition) is 4. The SMILES string of the molecule is C[C@@H]1[C@@H]2[C@@H](O)[C@@H]([C@H](C)C(=O)N3CCOCC3)CC[C@]2(C)CC[C@@H]1NC(=O)c1cccc(F)c1. The van der Waals surface area contributed by atoms with Crippen molar-refractivity contribution in [1.29, 1.82) is 0 Å². The van der Waals surface area contributed by atoms with Crippen molar-refractivity contribution in [3.8, 4) is 0 Å². The summed E-state index contributed by atoms with van der Waals surface area (Å²) < 4.78 is 19.0. The van der Waals surface area contributed by atoms with Crippen molar-refractivity contribution in [1.82, 2.24) is 10.2 Å². The molecule has 7 atom stereocenters. The number of carbonyl (C=O) groups excluding carboxylic acids is 2. The highest BCUT2D eigenvalue weighted by Crippen LogP contribution is 2.55. The minimum absolute atomic E-state index is 0.0113. The molecule has 0 aromatic heterocycles. The maximum Gasteiger partial charge on any atom is 0.251 e. The van der Waals surface area contributed by atoms with Gasteiger partial charge in [0.25, 0.3) is 5.91 Å². The summed E-state index contributed by atoms with van der Waals surface area (Å²) in [6.07, 6.45) is 2.93. The van der Waals surface area contributed by atoms with Crippen LogP contribution < -0.4 is 5.32 Å². The average molecular weight is 461 g/mol. The Morgan fingerprint density at radius 3 is 2.64 bits per heavy atom. The maximum absolute atomic E-state index is 13.6. The molecule has 2 saturated carbocycles. The van der Waals surface area contributed by atoms with E-state index < -0.39 is 11.9 Å². The largest absolute Gasteiger partial charge is 0.392 e. The molecule has 3 aliphatic rings. The van der Waals surface area contributed by atoms with Crippen LogP contribution in [0.1, 0.15) is 56.8 Å². The third kappa shape index (κ3) is 4.80. The van der Waals surface area contributed by atoms with E-state index in [0.717, 1.165) is 25.7 Å². The molecular formula is C26H37FN2O4. The van der Waals surface area contributed by atoms with Gasteiger partial charge >= 0.3 is 0 Å². The second-order valence-corrected chi connectivity index (χ2v) is 10.6. The van der Waals surface area contributed by atoms with Gasteiger partial charge in [-0.05, 0) is 67.1 Å². The van der Waals surface area contributed by atoms with Crippen molar-refractivity contribution >= 4 is 11.8 Å². The van der Waals surface area contributed by atoms with E-state index in [-0.39, 0.29) is 46.9 Å². The first-order valence-corrected chi connectivity index (χ1v) is 12.3. The molecule has 0 unspecified atom stereocenters. The zero-order valence-electron chi connectivity index (χ0n) is 19.9. The molecule has 2 N–H and O–H groups in total. The standard InChI is InChI=1S/C26H37FN2O4/c1-16(25(32)29-11-13-33-14-12-29)20-7-9-26(3)10-8-21(17(2)22(26)23(20)30)28-24(31)18-5-4-6-19(27)15-18/h4-6,15-17,20-23,30H,7-14H2,1-3H3,(H,28,31)/t16-,17-,20+,21-,22+,23-,26+/m0/s1. The number of halogens is 1. The molecule has 0 radical (unpaired) electrons. The molecule has 33 heavy (non-hydrogen) atoms. The minimum atomic E-state index is -0.604. The number of benzene rings is 1. The van der Waals surface area contributed by atoms with Crippen molar-refractivity contribution in [3.63, 3.8) is 0 Å². The Morgan fingerprint density at radius 2 is 1.94 bits per heavy atom. The number of hydrogen-bond donors (Lipinski definition) is 2. The number of amides is 2. The highest BCUT2D eigenvalue weighted by molar-refractivity contribution is 5.94. The summed E-state index contributed by atoms with van der Waals surface area (Å²) in [5.41, 5.74) is 0.291. The van der Waals surface area contributed by atoms with Crippen LogP contribution in [0.2, 0.25) is 0 Å². The van der Waals surface area contributed by atoms with E-state index in [4.69, 9.17) is 4.74 Å². The zero-order chi connectivity index (χ0) is 23.8. The smallest absolute Gasteiger partial charge is 0.251 e. The molecule has 4 rings (SSSR count). The molecule has 1 aliphatic heterocycles. The molecule has 1 aromatic carbocycles. The Hall–Kier alpha value is -1.99. The first-order chi connectivity index (χ1) is 15.7. The molecule has 1 aromatic rings. The predicted molar refractivity (Wildman–Crippen MR) is 123 cm³/mol. The maximum atomic E-state index is 13.6. The molecule has 2 amide bonds. The Kier molecular flexibility index (Phi) is 7.10. The van der Waals surface area contributed by atoms with E-state index >= 15 is 0 Å².